The molecule has 18 heavy (non-hydrogen) atoms. The summed E-state index contributed by atoms with van der Waals surface area (Å²) in [6.07, 6.45) is 0.770. The van der Waals surface area contributed by atoms with Gasteiger partial charge in [0.1, 0.15) is 5.60 Å². The molecule has 0 saturated heterocycles. The molecule has 1 aromatic rings. The van der Waals surface area contributed by atoms with Gasteiger partial charge >= 0.3 is 5.97 Å². The standard InChI is InChI=1S/C14H22N2O2/c1-5-14(2,10-16(3)4)18-13(17)11-6-8-12(15)9-7-11/h6-9H,5,10,15H2,1-4H3. The van der Waals surface area contributed by atoms with Crippen molar-refractivity contribution in [3.8, 4) is 0 Å². The van der Waals surface area contributed by atoms with Gasteiger partial charge < -0.3 is 15.4 Å². The van der Waals surface area contributed by atoms with Crippen LogP contribution in [0.3, 0.4) is 0 Å². The van der Waals surface area contributed by atoms with Gasteiger partial charge in [0.25, 0.3) is 0 Å². The summed E-state index contributed by atoms with van der Waals surface area (Å²) >= 11 is 0. The molecule has 0 aromatic heterocycles. The molecule has 0 bridgehead atoms. The number of ether oxygens (including phenoxy) is 1. The van der Waals surface area contributed by atoms with Gasteiger partial charge in [-0.2, -0.15) is 0 Å². The zero-order chi connectivity index (χ0) is 13.8. The molecule has 0 aliphatic carbocycles. The topological polar surface area (TPSA) is 55.6 Å². The van der Waals surface area contributed by atoms with Gasteiger partial charge in [-0.15, -0.1) is 0 Å². The minimum Gasteiger partial charge on any atom is -0.454 e. The molecule has 0 aliphatic heterocycles. The maximum absolute atomic E-state index is 12.0. The van der Waals surface area contributed by atoms with Crippen molar-refractivity contribution in [2.75, 3.05) is 26.4 Å². The number of carbonyl (C=O) groups is 1. The predicted octanol–water partition coefficient (Wildman–Crippen LogP) is 2.16. The lowest BCUT2D eigenvalue weighted by molar-refractivity contribution is -0.0219. The van der Waals surface area contributed by atoms with E-state index in [1.54, 1.807) is 24.3 Å². The first-order chi connectivity index (χ1) is 8.36. The third-order valence-corrected chi connectivity index (χ3v) is 2.88. The lowest BCUT2D eigenvalue weighted by Gasteiger charge is -2.31. The smallest absolute Gasteiger partial charge is 0.338 e. The maximum atomic E-state index is 12.0. The Bertz CT molecular complexity index is 401. The lowest BCUT2D eigenvalue weighted by Crippen LogP contribution is -2.41. The number of esters is 1. The quantitative estimate of drug-likeness (QED) is 0.642. The van der Waals surface area contributed by atoms with Crippen LogP contribution in [0.25, 0.3) is 0 Å². The Kier molecular flexibility index (Phi) is 4.73. The molecule has 2 N–H and O–H groups in total. The van der Waals surface area contributed by atoms with Gasteiger partial charge in [-0.05, 0) is 51.7 Å². The van der Waals surface area contributed by atoms with E-state index in [4.69, 9.17) is 10.5 Å². The number of rotatable bonds is 5. The Labute approximate surface area is 109 Å². The second-order valence-corrected chi connectivity index (χ2v) is 5.05. The van der Waals surface area contributed by atoms with Crippen molar-refractivity contribution in [3.63, 3.8) is 0 Å². The molecule has 0 heterocycles. The molecular weight excluding hydrogens is 228 g/mol. The number of benzene rings is 1. The number of hydrogen-bond donors (Lipinski definition) is 1. The van der Waals surface area contributed by atoms with Crippen molar-refractivity contribution in [1.82, 2.24) is 4.90 Å². The van der Waals surface area contributed by atoms with E-state index in [2.05, 4.69) is 0 Å². The van der Waals surface area contributed by atoms with Crippen LogP contribution in [0.2, 0.25) is 0 Å². The fraction of sp³-hybridized carbons (Fsp3) is 0.500. The molecule has 4 heteroatoms. The van der Waals surface area contributed by atoms with Crippen LogP contribution in [-0.4, -0.2) is 37.1 Å². The van der Waals surface area contributed by atoms with E-state index in [1.807, 2.05) is 32.8 Å². The van der Waals surface area contributed by atoms with Crippen molar-refractivity contribution in [2.45, 2.75) is 25.9 Å². The SMILES string of the molecule is CCC(C)(CN(C)C)OC(=O)c1ccc(N)cc1. The Balaban J connectivity index is 2.76. The Morgan fingerprint density at radius 3 is 2.33 bits per heavy atom. The molecule has 0 fully saturated rings. The van der Waals surface area contributed by atoms with E-state index in [1.165, 1.54) is 0 Å². The minimum atomic E-state index is -0.470. The van der Waals surface area contributed by atoms with Gasteiger partial charge in [0.05, 0.1) is 5.56 Å². The van der Waals surface area contributed by atoms with Crippen LogP contribution in [0.15, 0.2) is 24.3 Å². The van der Waals surface area contributed by atoms with Gasteiger partial charge in [-0.1, -0.05) is 6.92 Å². The third-order valence-electron chi connectivity index (χ3n) is 2.88. The average molecular weight is 250 g/mol. The van der Waals surface area contributed by atoms with Crippen LogP contribution in [-0.2, 0) is 4.74 Å². The van der Waals surface area contributed by atoms with Crippen molar-refractivity contribution in [1.29, 1.82) is 0 Å². The Morgan fingerprint density at radius 1 is 1.33 bits per heavy atom. The van der Waals surface area contributed by atoms with Crippen LogP contribution < -0.4 is 5.73 Å². The molecule has 0 saturated carbocycles. The van der Waals surface area contributed by atoms with Crippen LogP contribution in [0.5, 0.6) is 0 Å². The highest BCUT2D eigenvalue weighted by Crippen LogP contribution is 2.19. The summed E-state index contributed by atoms with van der Waals surface area (Å²) in [4.78, 5) is 14.0. The van der Waals surface area contributed by atoms with Gasteiger partial charge in [0.2, 0.25) is 0 Å². The molecule has 4 nitrogen and oxygen atoms in total. The Morgan fingerprint density at radius 2 is 1.89 bits per heavy atom. The van der Waals surface area contributed by atoms with Crippen molar-refractivity contribution >= 4 is 11.7 Å². The first-order valence-corrected chi connectivity index (χ1v) is 6.10. The van der Waals surface area contributed by atoms with Crippen LogP contribution in [0.1, 0.15) is 30.6 Å². The van der Waals surface area contributed by atoms with E-state index >= 15 is 0 Å². The summed E-state index contributed by atoms with van der Waals surface area (Å²) < 4.78 is 5.60. The highest BCUT2D eigenvalue weighted by Gasteiger charge is 2.28. The number of anilines is 1. The zero-order valence-corrected chi connectivity index (χ0v) is 11.6. The number of nitrogen functional groups attached to an aromatic ring is 1. The van der Waals surface area contributed by atoms with Crippen LogP contribution in [0, 0.1) is 0 Å². The molecule has 1 rings (SSSR count). The largest absolute Gasteiger partial charge is 0.454 e. The summed E-state index contributed by atoms with van der Waals surface area (Å²) in [5.41, 5.74) is 6.28. The fourth-order valence-electron chi connectivity index (χ4n) is 1.79. The molecule has 0 radical (unpaired) electrons. The molecule has 0 aliphatic rings. The van der Waals surface area contributed by atoms with E-state index in [0.29, 0.717) is 17.8 Å². The van der Waals surface area contributed by atoms with Crippen molar-refractivity contribution in [2.24, 2.45) is 0 Å². The molecule has 100 valence electrons. The molecule has 1 atom stereocenters. The summed E-state index contributed by atoms with van der Waals surface area (Å²) in [7, 11) is 3.93. The van der Waals surface area contributed by atoms with E-state index in [9.17, 15) is 4.79 Å². The van der Waals surface area contributed by atoms with Crippen molar-refractivity contribution < 1.29 is 9.53 Å². The maximum Gasteiger partial charge on any atom is 0.338 e. The number of hydrogen-bond acceptors (Lipinski definition) is 4. The number of carbonyl (C=O) groups excluding carboxylic acids is 1. The highest BCUT2D eigenvalue weighted by molar-refractivity contribution is 5.90. The summed E-state index contributed by atoms with van der Waals surface area (Å²) in [6, 6.07) is 6.77. The molecular formula is C14H22N2O2. The van der Waals surface area contributed by atoms with Gasteiger partial charge in [0, 0.05) is 12.2 Å². The lowest BCUT2D eigenvalue weighted by atomic mass is 10.0. The second kappa shape index (κ2) is 5.87. The van der Waals surface area contributed by atoms with Crippen LogP contribution >= 0.6 is 0 Å². The summed E-state index contributed by atoms with van der Waals surface area (Å²) in [5.74, 6) is -0.304. The van der Waals surface area contributed by atoms with Crippen molar-refractivity contribution in [3.05, 3.63) is 29.8 Å². The number of nitrogens with zero attached hydrogens (tertiary/aromatic N) is 1. The zero-order valence-electron chi connectivity index (χ0n) is 11.6. The molecule has 1 aromatic carbocycles. The first-order valence-electron chi connectivity index (χ1n) is 6.10. The Hall–Kier alpha value is -1.55. The summed E-state index contributed by atoms with van der Waals surface area (Å²) in [5, 5.41) is 0. The second-order valence-electron chi connectivity index (χ2n) is 5.05. The van der Waals surface area contributed by atoms with Gasteiger partial charge in [-0.25, -0.2) is 4.79 Å². The van der Waals surface area contributed by atoms with E-state index < -0.39 is 5.60 Å². The van der Waals surface area contributed by atoms with E-state index in [0.717, 1.165) is 6.42 Å². The first kappa shape index (κ1) is 14.5. The third kappa shape index (κ3) is 4.04. The normalized spacial score (nSPS) is 14.3. The molecule has 0 spiro atoms. The van der Waals surface area contributed by atoms with Gasteiger partial charge in [0.15, 0.2) is 0 Å². The molecule has 0 amide bonds. The number of likely N-dealkylation sites (N-methyl/N-ethyl adjacent to an activating group) is 1. The number of nitrogens with two attached hydrogens (primary N) is 1. The van der Waals surface area contributed by atoms with E-state index in [-0.39, 0.29) is 5.97 Å². The minimum absolute atomic E-state index is 0.304. The average Bonchev–Trinajstić information content (AvgIpc) is 2.28. The van der Waals surface area contributed by atoms with Gasteiger partial charge in [-0.3, -0.25) is 0 Å². The fourth-order valence-corrected chi connectivity index (χ4v) is 1.79. The predicted molar refractivity (Wildman–Crippen MR) is 73.5 cm³/mol. The molecule has 1 unspecified atom stereocenters. The highest BCUT2D eigenvalue weighted by atomic mass is 16.6. The summed E-state index contributed by atoms with van der Waals surface area (Å²) in [6.45, 7) is 4.66. The monoisotopic (exact) mass is 250 g/mol. The van der Waals surface area contributed by atoms with Crippen LogP contribution in [0.4, 0.5) is 5.69 Å².